The van der Waals surface area contributed by atoms with Crippen molar-refractivity contribution in [1.29, 1.82) is 0 Å². The Morgan fingerprint density at radius 1 is 1.25 bits per heavy atom. The first-order valence-electron chi connectivity index (χ1n) is 5.97. The molecule has 0 aliphatic rings. The summed E-state index contributed by atoms with van der Waals surface area (Å²) in [4.78, 5) is 25.3. The maximum atomic E-state index is 11.6. The van der Waals surface area contributed by atoms with Crippen molar-refractivity contribution in [3.63, 3.8) is 0 Å². The molecule has 20 heavy (non-hydrogen) atoms. The van der Waals surface area contributed by atoms with Crippen molar-refractivity contribution >= 4 is 17.6 Å². The lowest BCUT2D eigenvalue weighted by Crippen LogP contribution is -2.23. The molecule has 8 heteroatoms. The molecule has 0 atom stereocenters. The fourth-order valence-corrected chi connectivity index (χ4v) is 1.39. The Morgan fingerprint density at radius 3 is 2.45 bits per heavy atom. The lowest BCUT2D eigenvalue weighted by molar-refractivity contribution is -0.384. The van der Waals surface area contributed by atoms with Crippen molar-refractivity contribution in [2.24, 2.45) is 16.5 Å². The summed E-state index contributed by atoms with van der Waals surface area (Å²) in [6.07, 6.45) is 1.33. The molecule has 0 amide bonds. The van der Waals surface area contributed by atoms with Crippen molar-refractivity contribution in [3.05, 3.63) is 39.9 Å². The molecule has 4 N–H and O–H groups in total. The maximum Gasteiger partial charge on any atom is 0.338 e. The number of nitro benzene ring substituents is 1. The number of nitro groups is 1. The van der Waals surface area contributed by atoms with E-state index in [0.29, 0.717) is 19.4 Å². The van der Waals surface area contributed by atoms with Crippen LogP contribution in [0.25, 0.3) is 0 Å². The number of benzene rings is 1. The highest BCUT2D eigenvalue weighted by molar-refractivity contribution is 5.89. The van der Waals surface area contributed by atoms with E-state index in [-0.39, 0.29) is 23.8 Å². The largest absolute Gasteiger partial charge is 0.462 e. The van der Waals surface area contributed by atoms with Gasteiger partial charge in [-0.15, -0.1) is 0 Å². The highest BCUT2D eigenvalue weighted by Crippen LogP contribution is 2.12. The Bertz CT molecular complexity index is 495. The van der Waals surface area contributed by atoms with E-state index in [0.717, 1.165) is 0 Å². The minimum Gasteiger partial charge on any atom is -0.462 e. The average molecular weight is 280 g/mol. The molecule has 0 aliphatic heterocycles. The first kappa shape index (κ1) is 15.4. The topological polar surface area (TPSA) is 134 Å². The van der Waals surface area contributed by atoms with Crippen molar-refractivity contribution in [2.75, 3.05) is 13.2 Å². The number of carbonyl (C=O) groups excluding carboxylic acids is 1. The van der Waals surface area contributed by atoms with Gasteiger partial charge < -0.3 is 16.2 Å². The third-order valence-corrected chi connectivity index (χ3v) is 2.39. The Hall–Kier alpha value is -2.64. The Kier molecular flexibility index (Phi) is 5.95. The molecule has 0 heterocycles. The van der Waals surface area contributed by atoms with Crippen LogP contribution in [0.1, 0.15) is 23.2 Å². The molecule has 0 radical (unpaired) electrons. The zero-order valence-electron chi connectivity index (χ0n) is 10.8. The SMILES string of the molecule is NC(N)=NCCCCOC(=O)c1ccc([N+](=O)[O-])cc1. The number of hydrogen-bond donors (Lipinski definition) is 2. The number of carbonyl (C=O) groups is 1. The fraction of sp³-hybridized carbons (Fsp3) is 0.333. The summed E-state index contributed by atoms with van der Waals surface area (Å²) in [7, 11) is 0. The molecule has 0 aliphatic carbocycles. The van der Waals surface area contributed by atoms with Gasteiger partial charge in [0.1, 0.15) is 0 Å². The number of hydrogen-bond acceptors (Lipinski definition) is 5. The number of rotatable bonds is 7. The first-order valence-corrected chi connectivity index (χ1v) is 5.97. The molecule has 0 saturated carbocycles. The number of guanidine groups is 1. The minimum absolute atomic E-state index is 0.0351. The zero-order chi connectivity index (χ0) is 15.0. The van der Waals surface area contributed by atoms with Gasteiger partial charge >= 0.3 is 5.97 Å². The van der Waals surface area contributed by atoms with Crippen molar-refractivity contribution in [3.8, 4) is 0 Å². The normalized spacial score (nSPS) is 9.80. The molecule has 1 aromatic carbocycles. The summed E-state index contributed by atoms with van der Waals surface area (Å²) in [5.74, 6) is -0.477. The van der Waals surface area contributed by atoms with E-state index < -0.39 is 10.9 Å². The Morgan fingerprint density at radius 2 is 1.90 bits per heavy atom. The fourth-order valence-electron chi connectivity index (χ4n) is 1.39. The lowest BCUT2D eigenvalue weighted by atomic mass is 10.2. The summed E-state index contributed by atoms with van der Waals surface area (Å²) in [5.41, 5.74) is 10.5. The molecule has 1 aromatic rings. The number of ether oxygens (including phenoxy) is 1. The van der Waals surface area contributed by atoms with Gasteiger partial charge in [-0.1, -0.05) is 0 Å². The molecule has 108 valence electrons. The lowest BCUT2D eigenvalue weighted by Gasteiger charge is -2.04. The van der Waals surface area contributed by atoms with Gasteiger partial charge in [-0.2, -0.15) is 0 Å². The second kappa shape index (κ2) is 7.72. The van der Waals surface area contributed by atoms with Gasteiger partial charge in [0.25, 0.3) is 5.69 Å². The predicted octanol–water partition coefficient (Wildman–Crippen LogP) is 0.805. The third-order valence-electron chi connectivity index (χ3n) is 2.39. The van der Waals surface area contributed by atoms with E-state index in [1.54, 1.807) is 0 Å². The van der Waals surface area contributed by atoms with Crippen LogP contribution in [0.4, 0.5) is 5.69 Å². The van der Waals surface area contributed by atoms with E-state index in [9.17, 15) is 14.9 Å². The van der Waals surface area contributed by atoms with E-state index >= 15 is 0 Å². The van der Waals surface area contributed by atoms with Gasteiger partial charge in [0, 0.05) is 18.7 Å². The van der Waals surface area contributed by atoms with Crippen LogP contribution in [0, 0.1) is 10.1 Å². The van der Waals surface area contributed by atoms with Gasteiger partial charge in [-0.3, -0.25) is 15.1 Å². The summed E-state index contributed by atoms with van der Waals surface area (Å²) < 4.78 is 5.02. The second-order valence-electron chi connectivity index (χ2n) is 3.95. The highest BCUT2D eigenvalue weighted by Gasteiger charge is 2.10. The summed E-state index contributed by atoms with van der Waals surface area (Å²) in [6, 6.07) is 5.24. The quantitative estimate of drug-likeness (QED) is 0.189. The number of unbranched alkanes of at least 4 members (excludes halogenated alkanes) is 1. The van der Waals surface area contributed by atoms with E-state index in [2.05, 4.69) is 4.99 Å². The number of nitrogens with zero attached hydrogens (tertiary/aromatic N) is 2. The van der Waals surface area contributed by atoms with Crippen LogP contribution in [0.2, 0.25) is 0 Å². The van der Waals surface area contributed by atoms with E-state index in [4.69, 9.17) is 16.2 Å². The van der Waals surface area contributed by atoms with Crippen LogP contribution in [-0.2, 0) is 4.74 Å². The third kappa shape index (κ3) is 5.34. The molecular formula is C12H16N4O4. The van der Waals surface area contributed by atoms with Crippen LogP contribution in [0.5, 0.6) is 0 Å². The average Bonchev–Trinajstić information content (AvgIpc) is 2.42. The maximum absolute atomic E-state index is 11.6. The molecule has 0 saturated heterocycles. The second-order valence-corrected chi connectivity index (χ2v) is 3.95. The predicted molar refractivity (Wildman–Crippen MR) is 73.3 cm³/mol. The van der Waals surface area contributed by atoms with Crippen LogP contribution in [0.3, 0.4) is 0 Å². The monoisotopic (exact) mass is 280 g/mol. The highest BCUT2D eigenvalue weighted by atomic mass is 16.6. The van der Waals surface area contributed by atoms with Crippen LogP contribution >= 0.6 is 0 Å². The molecule has 8 nitrogen and oxygen atoms in total. The first-order chi connectivity index (χ1) is 9.50. The number of aliphatic imine (C=N–C) groups is 1. The molecule has 0 fully saturated rings. The van der Waals surface area contributed by atoms with Crippen molar-refractivity contribution in [1.82, 2.24) is 0 Å². The van der Waals surface area contributed by atoms with Crippen molar-refractivity contribution in [2.45, 2.75) is 12.8 Å². The van der Waals surface area contributed by atoms with Crippen LogP contribution in [-0.4, -0.2) is 30.0 Å². The standard InChI is InChI=1S/C12H16N4O4/c13-12(14)15-7-1-2-8-20-11(17)9-3-5-10(6-4-9)16(18)19/h3-6H,1-2,7-8H2,(H4,13,14,15). The molecular weight excluding hydrogens is 264 g/mol. The van der Waals surface area contributed by atoms with Crippen molar-refractivity contribution < 1.29 is 14.5 Å². The molecule has 0 bridgehead atoms. The van der Waals surface area contributed by atoms with Gasteiger partial charge in [-0.05, 0) is 25.0 Å². The molecule has 1 rings (SSSR count). The zero-order valence-corrected chi connectivity index (χ0v) is 10.8. The molecule has 0 aromatic heterocycles. The molecule has 0 spiro atoms. The minimum atomic E-state index is -0.529. The van der Waals surface area contributed by atoms with Gasteiger partial charge in [0.15, 0.2) is 5.96 Å². The number of nitrogens with two attached hydrogens (primary N) is 2. The number of esters is 1. The van der Waals surface area contributed by atoms with Gasteiger partial charge in [-0.25, -0.2) is 4.79 Å². The van der Waals surface area contributed by atoms with Gasteiger partial charge in [0.2, 0.25) is 0 Å². The van der Waals surface area contributed by atoms with Crippen LogP contribution < -0.4 is 11.5 Å². The summed E-state index contributed by atoms with van der Waals surface area (Å²) in [5, 5.41) is 10.5. The van der Waals surface area contributed by atoms with E-state index in [1.807, 2.05) is 0 Å². The Labute approximate surface area is 115 Å². The smallest absolute Gasteiger partial charge is 0.338 e. The summed E-state index contributed by atoms with van der Waals surface area (Å²) in [6.45, 7) is 0.729. The number of non-ortho nitro benzene ring substituents is 1. The van der Waals surface area contributed by atoms with E-state index in [1.165, 1.54) is 24.3 Å². The molecule has 0 unspecified atom stereocenters. The van der Waals surface area contributed by atoms with Crippen LogP contribution in [0.15, 0.2) is 29.3 Å². The van der Waals surface area contributed by atoms with Gasteiger partial charge in [0.05, 0.1) is 17.1 Å². The summed E-state index contributed by atoms with van der Waals surface area (Å²) >= 11 is 0. The Balaban J connectivity index is 2.32.